The Labute approximate surface area is 169 Å². The molecule has 3 rings (SSSR count). The van der Waals surface area contributed by atoms with Crippen molar-refractivity contribution in [1.82, 2.24) is 5.27 Å². The third-order valence-electron chi connectivity index (χ3n) is 3.96. The van der Waals surface area contributed by atoms with E-state index in [1.807, 2.05) is 31.2 Å². The lowest BCUT2D eigenvalue weighted by Gasteiger charge is -2.10. The molecule has 1 aromatic heterocycles. The number of carboxylic acid groups (broad SMARTS) is 1. The molecule has 29 heavy (non-hydrogen) atoms. The lowest BCUT2D eigenvalue weighted by atomic mass is 10.2. The van der Waals surface area contributed by atoms with Crippen LogP contribution >= 0.6 is 11.8 Å². The van der Waals surface area contributed by atoms with Crippen molar-refractivity contribution in [2.45, 2.75) is 11.9 Å². The van der Waals surface area contributed by atoms with Gasteiger partial charge in [0.25, 0.3) is 0 Å². The molecule has 0 fully saturated rings. The number of aromatic amines is 1. The van der Waals surface area contributed by atoms with Crippen molar-refractivity contribution in [2.75, 3.05) is 18.2 Å². The number of thioether (sulfide) groups is 1. The monoisotopic (exact) mass is 416 g/mol. The van der Waals surface area contributed by atoms with E-state index in [-0.39, 0.29) is 22.1 Å². The van der Waals surface area contributed by atoms with Gasteiger partial charge in [0.2, 0.25) is 11.6 Å². The van der Waals surface area contributed by atoms with Gasteiger partial charge < -0.3 is 15.2 Å². The van der Waals surface area contributed by atoms with E-state index in [1.54, 1.807) is 0 Å². The van der Waals surface area contributed by atoms with E-state index in [0.717, 1.165) is 17.3 Å². The van der Waals surface area contributed by atoms with Crippen molar-refractivity contribution >= 4 is 29.3 Å². The number of anilines is 1. The van der Waals surface area contributed by atoms with Crippen molar-refractivity contribution in [3.05, 3.63) is 64.0 Å². The largest absolute Gasteiger partial charge is 0.495 e. The molecule has 0 aliphatic heterocycles. The van der Waals surface area contributed by atoms with Crippen molar-refractivity contribution < 1.29 is 28.6 Å². The predicted molar refractivity (Wildman–Crippen MR) is 105 cm³/mol. The summed E-state index contributed by atoms with van der Waals surface area (Å²) in [6.45, 7) is 1.95. The summed E-state index contributed by atoms with van der Waals surface area (Å²) in [4.78, 5) is 35.4. The van der Waals surface area contributed by atoms with E-state index in [1.165, 1.54) is 30.0 Å². The highest BCUT2D eigenvalue weighted by Crippen LogP contribution is 2.26. The second-order valence-electron chi connectivity index (χ2n) is 6.01. The average Bonchev–Trinajstić information content (AvgIpc) is 3.07. The van der Waals surface area contributed by atoms with E-state index in [9.17, 15) is 14.4 Å². The smallest absolute Gasteiger partial charge is 0.442 e. The van der Waals surface area contributed by atoms with E-state index in [4.69, 9.17) is 14.4 Å². The summed E-state index contributed by atoms with van der Waals surface area (Å²) < 4.78 is 11.5. The third-order valence-corrected chi connectivity index (χ3v) is 4.99. The van der Waals surface area contributed by atoms with Crippen LogP contribution in [0.5, 0.6) is 5.75 Å². The van der Waals surface area contributed by atoms with Gasteiger partial charge in [-0.1, -0.05) is 17.7 Å². The molecule has 0 aliphatic rings. The number of aromatic carboxylic acids is 1. The molecule has 3 N–H and O–H groups in total. The fourth-order valence-electron chi connectivity index (χ4n) is 2.50. The summed E-state index contributed by atoms with van der Waals surface area (Å²) >= 11 is 1.01. The zero-order valence-corrected chi connectivity index (χ0v) is 16.4. The van der Waals surface area contributed by atoms with Crippen LogP contribution in [0, 0.1) is 6.92 Å². The number of carboxylic acids is 1. The SMILES string of the molecule is COc1cc(C(=O)O)ccc1NC(=O)CSc1c(=O)o[nH][n+]1-c1ccc(C)cc1. The Morgan fingerprint density at radius 3 is 2.62 bits per heavy atom. The van der Waals surface area contributed by atoms with Crippen LogP contribution in [0.1, 0.15) is 15.9 Å². The van der Waals surface area contributed by atoms with Crippen LogP contribution in [-0.2, 0) is 4.79 Å². The van der Waals surface area contributed by atoms with E-state index < -0.39 is 17.5 Å². The molecule has 1 amide bonds. The minimum Gasteiger partial charge on any atom is -0.495 e. The van der Waals surface area contributed by atoms with Crippen molar-refractivity contribution in [3.8, 4) is 11.4 Å². The summed E-state index contributed by atoms with van der Waals surface area (Å²) in [5.41, 5.74) is 1.53. The number of amides is 1. The molecule has 150 valence electrons. The van der Waals surface area contributed by atoms with Gasteiger partial charge in [-0.25, -0.2) is 9.59 Å². The Bertz CT molecular complexity index is 1100. The van der Waals surface area contributed by atoms with Crippen LogP contribution in [0.25, 0.3) is 5.69 Å². The third kappa shape index (κ3) is 4.66. The molecule has 0 saturated heterocycles. The zero-order chi connectivity index (χ0) is 21.0. The zero-order valence-electron chi connectivity index (χ0n) is 15.6. The Balaban J connectivity index is 1.72. The molecule has 1 heterocycles. The molecule has 2 aromatic carbocycles. The van der Waals surface area contributed by atoms with Gasteiger partial charge >= 0.3 is 16.6 Å². The number of benzene rings is 2. The molecule has 9 nitrogen and oxygen atoms in total. The molecule has 0 spiro atoms. The molecule has 0 unspecified atom stereocenters. The van der Waals surface area contributed by atoms with Gasteiger partial charge in [-0.2, -0.15) is 0 Å². The first-order valence-electron chi connectivity index (χ1n) is 8.43. The molecule has 0 aliphatic carbocycles. The molecule has 0 saturated carbocycles. The fourth-order valence-corrected chi connectivity index (χ4v) is 3.27. The number of ether oxygens (including phenoxy) is 1. The fraction of sp³-hybridized carbons (Fsp3) is 0.158. The van der Waals surface area contributed by atoms with Gasteiger partial charge in [0, 0.05) is 12.1 Å². The van der Waals surface area contributed by atoms with Crippen molar-refractivity contribution in [1.29, 1.82) is 0 Å². The molecular formula is C19H18N3O6S+. The number of methoxy groups -OCH3 is 1. The second kappa shape index (κ2) is 8.65. The van der Waals surface area contributed by atoms with Gasteiger partial charge in [-0.05, 0) is 46.8 Å². The Hall–Kier alpha value is -3.53. The van der Waals surface area contributed by atoms with Gasteiger partial charge in [0.15, 0.2) is 0 Å². The number of carbonyl (C=O) groups is 2. The van der Waals surface area contributed by atoms with Crippen LogP contribution in [-0.4, -0.2) is 35.1 Å². The maximum Gasteiger partial charge on any atom is 0.442 e. The summed E-state index contributed by atoms with van der Waals surface area (Å²) in [5, 5.41) is 14.4. The topological polar surface area (TPSA) is 126 Å². The number of H-pyrrole nitrogens is 1. The maximum absolute atomic E-state index is 12.3. The normalized spacial score (nSPS) is 10.6. The molecule has 3 aromatic rings. The number of nitrogens with zero attached hydrogens (tertiary/aromatic N) is 1. The van der Waals surface area contributed by atoms with Crippen LogP contribution in [0.15, 0.2) is 56.8 Å². The highest BCUT2D eigenvalue weighted by Gasteiger charge is 2.25. The number of hydrogen-bond acceptors (Lipinski definition) is 6. The van der Waals surface area contributed by atoms with Gasteiger partial charge in [0.1, 0.15) is 5.75 Å². The Morgan fingerprint density at radius 1 is 1.24 bits per heavy atom. The minimum atomic E-state index is -1.10. The maximum atomic E-state index is 12.3. The number of aromatic nitrogens is 2. The number of nitrogens with one attached hydrogen (secondary N) is 2. The second-order valence-corrected chi connectivity index (χ2v) is 6.98. The predicted octanol–water partition coefficient (Wildman–Crippen LogP) is 1.99. The van der Waals surface area contributed by atoms with Gasteiger partial charge in [-0.3, -0.25) is 9.32 Å². The minimum absolute atomic E-state index is 0.0401. The molecular weight excluding hydrogens is 398 g/mol. The van der Waals surface area contributed by atoms with Gasteiger partial charge in [0.05, 0.1) is 24.1 Å². The molecule has 0 bridgehead atoms. The van der Waals surface area contributed by atoms with E-state index in [2.05, 4.69) is 10.6 Å². The molecule has 10 heteroatoms. The van der Waals surface area contributed by atoms with Crippen LogP contribution in [0.3, 0.4) is 0 Å². The molecule has 0 radical (unpaired) electrons. The van der Waals surface area contributed by atoms with Crippen LogP contribution < -0.4 is 20.4 Å². The standard InChI is InChI=1S/C19H17N3O6S/c1-11-3-6-13(7-4-11)22-17(19(26)28-21-22)29-10-16(23)20-14-8-5-12(18(24)25)9-15(14)27-2/h3-9H,10H2,1-2H3,(H2-,20,21,23,24,25,26)/p+1. The number of aryl methyl sites for hydroxylation is 1. The highest BCUT2D eigenvalue weighted by atomic mass is 32.2. The van der Waals surface area contributed by atoms with E-state index in [0.29, 0.717) is 11.4 Å². The summed E-state index contributed by atoms with van der Waals surface area (Å²) in [6, 6.07) is 11.5. The van der Waals surface area contributed by atoms with Crippen molar-refractivity contribution in [2.24, 2.45) is 0 Å². The number of hydrogen-bond donors (Lipinski definition) is 3. The lowest BCUT2D eigenvalue weighted by Crippen LogP contribution is -2.36. The quantitative estimate of drug-likeness (QED) is 0.397. The Morgan fingerprint density at radius 2 is 1.97 bits per heavy atom. The van der Waals surface area contributed by atoms with Crippen LogP contribution in [0.4, 0.5) is 5.69 Å². The number of rotatable bonds is 7. The van der Waals surface area contributed by atoms with Crippen LogP contribution in [0.2, 0.25) is 0 Å². The molecule has 0 atom stereocenters. The van der Waals surface area contributed by atoms with Crippen molar-refractivity contribution in [3.63, 3.8) is 0 Å². The number of carbonyl (C=O) groups excluding carboxylic acids is 1. The Kier molecular flexibility index (Phi) is 6.03. The highest BCUT2D eigenvalue weighted by molar-refractivity contribution is 7.99. The summed E-state index contributed by atoms with van der Waals surface area (Å²) in [6.07, 6.45) is 0. The summed E-state index contributed by atoms with van der Waals surface area (Å²) in [7, 11) is 1.38. The average molecular weight is 416 g/mol. The van der Waals surface area contributed by atoms with E-state index >= 15 is 0 Å². The first kappa shape index (κ1) is 20.2. The summed E-state index contributed by atoms with van der Waals surface area (Å²) in [5.74, 6) is -1.35. The van der Waals surface area contributed by atoms with Gasteiger partial charge in [-0.15, -0.1) is 0 Å². The first-order valence-corrected chi connectivity index (χ1v) is 9.42. The first-order chi connectivity index (χ1) is 13.9. The lowest BCUT2D eigenvalue weighted by molar-refractivity contribution is -0.704.